The largest absolute Gasteiger partial charge is 0.354 e. The fraction of sp³-hybridized carbons (Fsp3) is 0.706. The van der Waals surface area contributed by atoms with Gasteiger partial charge in [-0.3, -0.25) is 4.79 Å². The smallest absolute Gasteiger partial charge is 0.223 e. The van der Waals surface area contributed by atoms with Crippen molar-refractivity contribution >= 4 is 11.7 Å². The average molecular weight is 317 g/mol. The molecule has 3 heterocycles. The number of hydrogen-bond acceptors (Lipinski definition) is 5. The SMILES string of the molecule is CCc1cc(N2CCCC(NC(=O)C3CCNCC3)C2)ncn1. The predicted octanol–water partition coefficient (Wildman–Crippen LogP) is 1.12. The number of amides is 1. The van der Waals surface area contributed by atoms with E-state index in [2.05, 4.69) is 38.5 Å². The van der Waals surface area contributed by atoms with E-state index in [4.69, 9.17) is 0 Å². The third kappa shape index (κ3) is 4.19. The van der Waals surface area contributed by atoms with Crippen molar-refractivity contribution in [2.24, 2.45) is 5.92 Å². The van der Waals surface area contributed by atoms with E-state index < -0.39 is 0 Å². The van der Waals surface area contributed by atoms with Gasteiger partial charge in [0.15, 0.2) is 0 Å². The normalized spacial score (nSPS) is 22.8. The third-order valence-electron chi connectivity index (χ3n) is 4.87. The highest BCUT2D eigenvalue weighted by molar-refractivity contribution is 5.79. The molecular weight excluding hydrogens is 290 g/mol. The minimum absolute atomic E-state index is 0.178. The number of aryl methyl sites for hydroxylation is 1. The number of anilines is 1. The van der Waals surface area contributed by atoms with Gasteiger partial charge in [0.25, 0.3) is 0 Å². The number of rotatable bonds is 4. The Morgan fingerprint density at radius 2 is 2.17 bits per heavy atom. The Kier molecular flexibility index (Phi) is 5.43. The van der Waals surface area contributed by atoms with Crippen LogP contribution in [0.25, 0.3) is 0 Å². The molecule has 23 heavy (non-hydrogen) atoms. The molecular formula is C17H27N5O. The number of carbonyl (C=O) groups is 1. The molecule has 0 aromatic carbocycles. The van der Waals surface area contributed by atoms with Crippen molar-refractivity contribution in [3.05, 3.63) is 18.1 Å². The Balaban J connectivity index is 1.58. The van der Waals surface area contributed by atoms with Crippen molar-refractivity contribution in [1.82, 2.24) is 20.6 Å². The van der Waals surface area contributed by atoms with E-state index in [-0.39, 0.29) is 17.9 Å². The molecule has 1 atom stereocenters. The van der Waals surface area contributed by atoms with Gasteiger partial charge in [-0.15, -0.1) is 0 Å². The summed E-state index contributed by atoms with van der Waals surface area (Å²) in [7, 11) is 0. The maximum absolute atomic E-state index is 12.4. The predicted molar refractivity (Wildman–Crippen MR) is 90.4 cm³/mol. The summed E-state index contributed by atoms with van der Waals surface area (Å²) in [6.45, 7) is 5.85. The van der Waals surface area contributed by atoms with E-state index in [1.54, 1.807) is 6.33 Å². The average Bonchev–Trinajstić information content (AvgIpc) is 2.63. The molecule has 2 N–H and O–H groups in total. The second-order valence-electron chi connectivity index (χ2n) is 6.54. The number of nitrogens with zero attached hydrogens (tertiary/aromatic N) is 3. The first kappa shape index (κ1) is 16.2. The maximum atomic E-state index is 12.4. The fourth-order valence-electron chi connectivity index (χ4n) is 3.46. The van der Waals surface area contributed by atoms with E-state index in [9.17, 15) is 4.79 Å². The van der Waals surface area contributed by atoms with Crippen molar-refractivity contribution in [3.8, 4) is 0 Å². The maximum Gasteiger partial charge on any atom is 0.223 e. The lowest BCUT2D eigenvalue weighted by Gasteiger charge is -2.35. The van der Waals surface area contributed by atoms with E-state index in [0.29, 0.717) is 0 Å². The summed E-state index contributed by atoms with van der Waals surface area (Å²) >= 11 is 0. The molecule has 0 bridgehead atoms. The van der Waals surface area contributed by atoms with Crippen molar-refractivity contribution in [2.75, 3.05) is 31.1 Å². The van der Waals surface area contributed by atoms with Crippen LogP contribution in [0.3, 0.4) is 0 Å². The van der Waals surface area contributed by atoms with Crippen LogP contribution in [0.1, 0.15) is 38.3 Å². The van der Waals surface area contributed by atoms with Crippen LogP contribution in [0.15, 0.2) is 12.4 Å². The van der Waals surface area contributed by atoms with Crippen LogP contribution >= 0.6 is 0 Å². The van der Waals surface area contributed by atoms with E-state index in [1.165, 1.54) is 0 Å². The van der Waals surface area contributed by atoms with Gasteiger partial charge in [0.2, 0.25) is 5.91 Å². The van der Waals surface area contributed by atoms with Crippen LogP contribution in [0, 0.1) is 5.92 Å². The van der Waals surface area contributed by atoms with Crippen LogP contribution in [0.4, 0.5) is 5.82 Å². The van der Waals surface area contributed by atoms with Crippen LogP contribution in [0.5, 0.6) is 0 Å². The second-order valence-corrected chi connectivity index (χ2v) is 6.54. The molecule has 3 rings (SSSR count). The molecule has 1 unspecified atom stereocenters. The lowest BCUT2D eigenvalue weighted by Crippen LogP contribution is -2.50. The molecule has 2 saturated heterocycles. The van der Waals surface area contributed by atoms with Gasteiger partial charge in [-0.2, -0.15) is 0 Å². The summed E-state index contributed by atoms with van der Waals surface area (Å²) in [5.41, 5.74) is 1.07. The lowest BCUT2D eigenvalue weighted by molar-refractivity contribution is -0.126. The lowest BCUT2D eigenvalue weighted by atomic mass is 9.96. The topological polar surface area (TPSA) is 70.2 Å². The standard InChI is InChI=1S/C17H27N5O/c1-2-14-10-16(20-12-19-14)22-9-3-4-15(11-22)21-17(23)13-5-7-18-8-6-13/h10,12-13,15,18H,2-9,11H2,1H3,(H,21,23). The molecule has 1 amide bonds. The van der Waals surface area contributed by atoms with Crippen molar-refractivity contribution in [3.63, 3.8) is 0 Å². The number of nitrogens with one attached hydrogen (secondary N) is 2. The molecule has 0 radical (unpaired) electrons. The highest BCUT2D eigenvalue weighted by Gasteiger charge is 2.26. The fourth-order valence-corrected chi connectivity index (χ4v) is 3.46. The zero-order valence-electron chi connectivity index (χ0n) is 13.9. The van der Waals surface area contributed by atoms with E-state index in [1.807, 2.05) is 0 Å². The zero-order valence-corrected chi connectivity index (χ0v) is 13.9. The number of carbonyl (C=O) groups excluding carboxylic acids is 1. The highest BCUT2D eigenvalue weighted by atomic mass is 16.2. The van der Waals surface area contributed by atoms with Gasteiger partial charge in [-0.25, -0.2) is 9.97 Å². The molecule has 6 heteroatoms. The Bertz CT molecular complexity index is 529. The van der Waals surface area contributed by atoms with Crippen molar-refractivity contribution in [1.29, 1.82) is 0 Å². The first-order valence-corrected chi connectivity index (χ1v) is 8.83. The molecule has 0 spiro atoms. The zero-order chi connectivity index (χ0) is 16.1. The van der Waals surface area contributed by atoms with E-state index >= 15 is 0 Å². The van der Waals surface area contributed by atoms with Gasteiger partial charge in [-0.05, 0) is 45.2 Å². The Labute approximate surface area is 138 Å². The molecule has 0 saturated carbocycles. The second kappa shape index (κ2) is 7.73. The molecule has 1 aromatic heterocycles. The molecule has 2 aliphatic rings. The number of piperidine rings is 2. The van der Waals surface area contributed by atoms with Crippen LogP contribution in [-0.2, 0) is 11.2 Å². The van der Waals surface area contributed by atoms with Gasteiger partial charge in [0.05, 0.1) is 0 Å². The number of hydrogen-bond donors (Lipinski definition) is 2. The Hall–Kier alpha value is -1.69. The molecule has 6 nitrogen and oxygen atoms in total. The molecule has 1 aromatic rings. The minimum atomic E-state index is 0.178. The van der Waals surface area contributed by atoms with Crippen LogP contribution in [-0.4, -0.2) is 48.1 Å². The van der Waals surface area contributed by atoms with Gasteiger partial charge in [-0.1, -0.05) is 6.92 Å². The first-order chi connectivity index (χ1) is 11.3. The van der Waals surface area contributed by atoms with E-state index in [0.717, 1.165) is 69.8 Å². The van der Waals surface area contributed by atoms with Crippen LogP contribution in [0.2, 0.25) is 0 Å². The molecule has 0 aliphatic carbocycles. The van der Waals surface area contributed by atoms with Gasteiger partial charge in [0.1, 0.15) is 12.1 Å². The van der Waals surface area contributed by atoms with Crippen LogP contribution < -0.4 is 15.5 Å². The third-order valence-corrected chi connectivity index (χ3v) is 4.87. The summed E-state index contributed by atoms with van der Waals surface area (Å²) in [5.74, 6) is 1.39. The first-order valence-electron chi connectivity index (χ1n) is 8.83. The summed E-state index contributed by atoms with van der Waals surface area (Å²) in [6.07, 6.45) is 6.61. The van der Waals surface area contributed by atoms with Gasteiger partial charge >= 0.3 is 0 Å². The Morgan fingerprint density at radius 3 is 2.96 bits per heavy atom. The summed E-state index contributed by atoms with van der Waals surface area (Å²) in [4.78, 5) is 23.4. The summed E-state index contributed by atoms with van der Waals surface area (Å²) < 4.78 is 0. The van der Waals surface area contributed by atoms with Crippen molar-refractivity contribution < 1.29 is 4.79 Å². The summed E-state index contributed by atoms with van der Waals surface area (Å²) in [6, 6.07) is 2.29. The van der Waals surface area contributed by atoms with Gasteiger partial charge < -0.3 is 15.5 Å². The highest BCUT2D eigenvalue weighted by Crippen LogP contribution is 2.19. The Morgan fingerprint density at radius 1 is 1.35 bits per heavy atom. The monoisotopic (exact) mass is 317 g/mol. The molecule has 126 valence electrons. The molecule has 2 fully saturated rings. The summed E-state index contributed by atoms with van der Waals surface area (Å²) in [5, 5.41) is 6.58. The van der Waals surface area contributed by atoms with Gasteiger partial charge in [0, 0.05) is 36.8 Å². The molecule has 2 aliphatic heterocycles. The number of aromatic nitrogens is 2. The van der Waals surface area contributed by atoms with Crippen molar-refractivity contribution in [2.45, 2.75) is 45.1 Å². The minimum Gasteiger partial charge on any atom is -0.354 e. The quantitative estimate of drug-likeness (QED) is 0.871.